The maximum atomic E-state index is 11.9. The van der Waals surface area contributed by atoms with E-state index in [-0.39, 0.29) is 36.6 Å². The molecule has 9 N–H and O–H groups in total. The van der Waals surface area contributed by atoms with Crippen molar-refractivity contribution >= 4 is 35.6 Å². The number of amidine groups is 2. The Balaban J connectivity index is 1.71. The monoisotopic (exact) mass is 434 g/mol. The Bertz CT molecular complexity index is 943. The Hall–Kier alpha value is -4.24. The smallest absolute Gasteiger partial charge is 0.244 e. The van der Waals surface area contributed by atoms with E-state index in [2.05, 4.69) is 10.6 Å². The molecule has 0 saturated carbocycles. The summed E-state index contributed by atoms with van der Waals surface area (Å²) in [6.45, 7) is -0.0497. The number of hydrogen-bond acceptors (Lipinski definition) is 5. The number of benzene rings is 2. The van der Waals surface area contributed by atoms with E-state index in [0.29, 0.717) is 11.1 Å². The molecule has 0 heterocycles. The average Bonchev–Trinajstić information content (AvgIpc) is 2.79. The fourth-order valence-electron chi connectivity index (χ4n) is 2.52. The fourth-order valence-corrected chi connectivity index (χ4v) is 2.52. The standard InChI is InChI=1S/C23H26N6O3/c24-22(25)17-7-1-15(2-8-17)5-11-20(31)28-13-19(30)14-29-21(32)12-6-16-3-9-18(10-4-16)23(26)27/h1-12,19,30H,13-14H2,(H3,24,25)(H3,26,27)(H,28,31)(H,29,32)/b11-5+,12-6+. The van der Waals surface area contributed by atoms with Crippen molar-refractivity contribution in [3.05, 3.63) is 82.9 Å². The number of hydrogen-bond donors (Lipinski definition) is 7. The predicted octanol–water partition coefficient (Wildman–Crippen LogP) is 0.575. The van der Waals surface area contributed by atoms with Crippen LogP contribution in [0.3, 0.4) is 0 Å². The number of aliphatic hydroxyl groups excluding tert-OH is 1. The van der Waals surface area contributed by atoms with Gasteiger partial charge in [0.05, 0.1) is 6.10 Å². The second-order valence-electron chi connectivity index (χ2n) is 6.88. The molecule has 2 rings (SSSR count). The van der Waals surface area contributed by atoms with Crippen molar-refractivity contribution in [2.24, 2.45) is 11.5 Å². The minimum absolute atomic E-state index is 0.0249. The Morgan fingerprint density at radius 2 is 1.12 bits per heavy atom. The number of carbonyl (C=O) groups is 2. The minimum Gasteiger partial charge on any atom is -0.389 e. The Morgan fingerprint density at radius 1 is 0.781 bits per heavy atom. The van der Waals surface area contributed by atoms with Crippen LogP contribution < -0.4 is 22.1 Å². The summed E-state index contributed by atoms with van der Waals surface area (Å²) in [6.07, 6.45) is 4.90. The van der Waals surface area contributed by atoms with Crippen LogP contribution >= 0.6 is 0 Å². The Kier molecular flexibility index (Phi) is 8.88. The molecule has 0 spiro atoms. The maximum Gasteiger partial charge on any atom is 0.244 e. The molecule has 0 radical (unpaired) electrons. The maximum absolute atomic E-state index is 11.9. The normalized spacial score (nSPS) is 11.9. The van der Waals surface area contributed by atoms with Gasteiger partial charge in [0.15, 0.2) is 0 Å². The molecule has 0 saturated heterocycles. The second-order valence-corrected chi connectivity index (χ2v) is 6.88. The highest BCUT2D eigenvalue weighted by atomic mass is 16.3. The summed E-state index contributed by atoms with van der Waals surface area (Å²) in [5.74, 6) is -0.837. The van der Waals surface area contributed by atoms with Crippen molar-refractivity contribution in [1.82, 2.24) is 10.6 Å². The molecule has 2 amide bonds. The lowest BCUT2D eigenvalue weighted by Gasteiger charge is -2.11. The van der Waals surface area contributed by atoms with Crippen molar-refractivity contribution in [3.8, 4) is 0 Å². The van der Waals surface area contributed by atoms with Crippen LogP contribution in [0.5, 0.6) is 0 Å². The largest absolute Gasteiger partial charge is 0.389 e. The Morgan fingerprint density at radius 3 is 1.44 bits per heavy atom. The van der Waals surface area contributed by atoms with Crippen LogP contribution in [0.15, 0.2) is 60.7 Å². The first-order valence-corrected chi connectivity index (χ1v) is 9.73. The molecule has 0 fully saturated rings. The zero-order chi connectivity index (χ0) is 23.5. The molecule has 2 aromatic carbocycles. The number of carbonyl (C=O) groups excluding carboxylic acids is 2. The summed E-state index contributed by atoms with van der Waals surface area (Å²) in [4.78, 5) is 23.8. The lowest BCUT2D eigenvalue weighted by Crippen LogP contribution is -2.39. The number of rotatable bonds is 10. The molecule has 0 aliphatic carbocycles. The number of amides is 2. The van der Waals surface area contributed by atoms with E-state index >= 15 is 0 Å². The minimum atomic E-state index is -0.950. The summed E-state index contributed by atoms with van der Waals surface area (Å²) in [5, 5.41) is 29.7. The first kappa shape index (κ1) is 24.0. The van der Waals surface area contributed by atoms with Gasteiger partial charge in [-0.25, -0.2) is 0 Å². The molecule has 9 nitrogen and oxygen atoms in total. The van der Waals surface area contributed by atoms with E-state index < -0.39 is 6.10 Å². The third-order valence-corrected chi connectivity index (χ3v) is 4.32. The van der Waals surface area contributed by atoms with Crippen LogP contribution in [-0.4, -0.2) is 47.8 Å². The lowest BCUT2D eigenvalue weighted by atomic mass is 10.1. The van der Waals surface area contributed by atoms with Crippen LogP contribution in [0.2, 0.25) is 0 Å². The number of nitrogens with one attached hydrogen (secondary N) is 4. The molecule has 32 heavy (non-hydrogen) atoms. The van der Waals surface area contributed by atoms with Gasteiger partial charge in [-0.3, -0.25) is 20.4 Å². The van der Waals surface area contributed by atoms with Crippen molar-refractivity contribution in [1.29, 1.82) is 10.8 Å². The first-order chi connectivity index (χ1) is 15.2. The molecular formula is C23H26N6O3. The highest BCUT2D eigenvalue weighted by Crippen LogP contribution is 2.06. The molecule has 0 aromatic heterocycles. The van der Waals surface area contributed by atoms with Gasteiger partial charge >= 0.3 is 0 Å². The molecule has 0 bridgehead atoms. The van der Waals surface area contributed by atoms with Gasteiger partial charge in [-0.05, 0) is 23.3 Å². The number of nitrogen functional groups attached to an aromatic ring is 2. The summed E-state index contributed by atoms with van der Waals surface area (Å²) in [6, 6.07) is 13.7. The SMILES string of the molecule is N=C(N)c1ccc(/C=C/C(=O)NCC(O)CNC(=O)/C=C/c2ccc(C(=N)N)cc2)cc1. The van der Waals surface area contributed by atoms with Crippen LogP contribution in [0, 0.1) is 10.8 Å². The third kappa shape index (κ3) is 8.25. The summed E-state index contributed by atoms with van der Waals surface area (Å²) in [5.41, 5.74) is 13.5. The van der Waals surface area contributed by atoms with Crippen molar-refractivity contribution < 1.29 is 14.7 Å². The third-order valence-electron chi connectivity index (χ3n) is 4.32. The van der Waals surface area contributed by atoms with E-state index in [1.807, 2.05) is 0 Å². The predicted molar refractivity (Wildman–Crippen MR) is 125 cm³/mol. The highest BCUT2D eigenvalue weighted by molar-refractivity contribution is 5.96. The van der Waals surface area contributed by atoms with Gasteiger partial charge in [-0.15, -0.1) is 0 Å². The van der Waals surface area contributed by atoms with Gasteiger partial charge in [0.2, 0.25) is 11.8 Å². The molecule has 2 aromatic rings. The number of aliphatic hydroxyl groups is 1. The zero-order valence-corrected chi connectivity index (χ0v) is 17.3. The van der Waals surface area contributed by atoms with Crippen LogP contribution in [0.25, 0.3) is 12.2 Å². The highest BCUT2D eigenvalue weighted by Gasteiger charge is 2.07. The van der Waals surface area contributed by atoms with Gasteiger partial charge in [-0.2, -0.15) is 0 Å². The summed E-state index contributed by atoms with van der Waals surface area (Å²) in [7, 11) is 0. The van der Waals surface area contributed by atoms with Gasteiger partial charge in [0, 0.05) is 36.4 Å². The van der Waals surface area contributed by atoms with Gasteiger partial charge in [0.25, 0.3) is 0 Å². The summed E-state index contributed by atoms with van der Waals surface area (Å²) < 4.78 is 0. The second kappa shape index (κ2) is 11.8. The molecule has 0 aliphatic heterocycles. The fraction of sp³-hybridized carbons (Fsp3) is 0.130. The lowest BCUT2D eigenvalue weighted by molar-refractivity contribution is -0.116. The Labute approximate surface area is 185 Å². The topological polar surface area (TPSA) is 178 Å². The van der Waals surface area contributed by atoms with E-state index in [0.717, 1.165) is 11.1 Å². The molecule has 0 unspecified atom stereocenters. The average molecular weight is 435 g/mol. The van der Waals surface area contributed by atoms with Crippen molar-refractivity contribution in [3.63, 3.8) is 0 Å². The van der Waals surface area contributed by atoms with Gasteiger partial charge in [0.1, 0.15) is 11.7 Å². The molecular weight excluding hydrogens is 408 g/mol. The first-order valence-electron chi connectivity index (χ1n) is 9.73. The van der Waals surface area contributed by atoms with Crippen LogP contribution in [-0.2, 0) is 9.59 Å². The van der Waals surface area contributed by atoms with Gasteiger partial charge < -0.3 is 27.2 Å². The molecule has 9 heteroatoms. The number of nitrogens with two attached hydrogens (primary N) is 2. The summed E-state index contributed by atoms with van der Waals surface area (Å²) >= 11 is 0. The van der Waals surface area contributed by atoms with E-state index in [1.54, 1.807) is 60.7 Å². The molecule has 0 atom stereocenters. The van der Waals surface area contributed by atoms with Crippen LogP contribution in [0.1, 0.15) is 22.3 Å². The van der Waals surface area contributed by atoms with E-state index in [1.165, 1.54) is 12.2 Å². The van der Waals surface area contributed by atoms with Crippen molar-refractivity contribution in [2.75, 3.05) is 13.1 Å². The zero-order valence-electron chi connectivity index (χ0n) is 17.3. The van der Waals surface area contributed by atoms with Crippen LogP contribution in [0.4, 0.5) is 0 Å². The van der Waals surface area contributed by atoms with E-state index in [9.17, 15) is 14.7 Å². The molecule has 0 aliphatic rings. The van der Waals surface area contributed by atoms with Crippen molar-refractivity contribution in [2.45, 2.75) is 6.10 Å². The quantitative estimate of drug-likeness (QED) is 0.164. The van der Waals surface area contributed by atoms with Gasteiger partial charge in [-0.1, -0.05) is 48.5 Å². The molecule has 166 valence electrons. The van der Waals surface area contributed by atoms with E-state index in [4.69, 9.17) is 22.3 Å².